The van der Waals surface area contributed by atoms with Crippen molar-refractivity contribution in [3.63, 3.8) is 0 Å². The molecule has 1 N–H and O–H groups in total. The number of hydrogen-bond acceptors (Lipinski definition) is 6. The molecule has 2 aromatic carbocycles. The van der Waals surface area contributed by atoms with Gasteiger partial charge in [0.25, 0.3) is 11.5 Å². The second-order valence-electron chi connectivity index (χ2n) is 7.14. The molecule has 3 aromatic rings. The summed E-state index contributed by atoms with van der Waals surface area (Å²) < 4.78 is 31.4. The summed E-state index contributed by atoms with van der Waals surface area (Å²) in [4.78, 5) is 25.0. The van der Waals surface area contributed by atoms with Crippen LogP contribution in [0.5, 0.6) is 17.2 Å². The Morgan fingerprint density at radius 1 is 0.941 bits per heavy atom. The molecule has 34 heavy (non-hydrogen) atoms. The van der Waals surface area contributed by atoms with Crippen molar-refractivity contribution in [2.75, 3.05) is 26.4 Å². The van der Waals surface area contributed by atoms with Gasteiger partial charge in [0.15, 0.2) is 11.5 Å². The first-order valence-electron chi connectivity index (χ1n) is 11.2. The summed E-state index contributed by atoms with van der Waals surface area (Å²) in [5, 5.41) is 7.12. The van der Waals surface area contributed by atoms with Crippen molar-refractivity contribution in [3.8, 4) is 28.5 Å². The molecule has 0 fully saturated rings. The lowest BCUT2D eigenvalue weighted by molar-refractivity contribution is 0.0950. The molecule has 8 nitrogen and oxygen atoms in total. The van der Waals surface area contributed by atoms with E-state index in [1.165, 1.54) is 22.9 Å². The summed E-state index contributed by atoms with van der Waals surface area (Å²) in [7, 11) is 0. The molecule has 0 atom stereocenters. The molecule has 0 aliphatic heterocycles. The molecule has 9 heteroatoms. The van der Waals surface area contributed by atoms with Crippen LogP contribution in [-0.4, -0.2) is 42.1 Å². The molecule has 180 valence electrons. The molecule has 0 radical (unpaired) electrons. The smallest absolute Gasteiger partial charge is 0.266 e. The van der Waals surface area contributed by atoms with Gasteiger partial charge in [-0.05, 0) is 63.2 Å². The van der Waals surface area contributed by atoms with E-state index in [2.05, 4.69) is 10.4 Å². The van der Waals surface area contributed by atoms with Crippen molar-refractivity contribution in [1.29, 1.82) is 0 Å². The fourth-order valence-electron chi connectivity index (χ4n) is 3.28. The van der Waals surface area contributed by atoms with Crippen LogP contribution < -0.4 is 25.1 Å². The monoisotopic (exact) mass is 469 g/mol. The van der Waals surface area contributed by atoms with Crippen LogP contribution in [0.25, 0.3) is 11.3 Å². The van der Waals surface area contributed by atoms with Gasteiger partial charge in [0, 0.05) is 23.7 Å². The lowest BCUT2D eigenvalue weighted by Gasteiger charge is -2.17. The quantitative estimate of drug-likeness (QED) is 0.461. The minimum atomic E-state index is -0.354. The molecule has 0 spiro atoms. The van der Waals surface area contributed by atoms with Crippen molar-refractivity contribution >= 4 is 5.91 Å². The fourth-order valence-corrected chi connectivity index (χ4v) is 3.28. The second kappa shape index (κ2) is 11.8. The summed E-state index contributed by atoms with van der Waals surface area (Å²) in [6.45, 7) is 7.08. The third-order valence-corrected chi connectivity index (χ3v) is 4.79. The molecular formula is C25H28FN3O5. The first-order chi connectivity index (χ1) is 16.5. The van der Waals surface area contributed by atoms with Gasteiger partial charge in [0.2, 0.25) is 5.75 Å². The first-order valence-corrected chi connectivity index (χ1v) is 11.2. The number of ether oxygens (including phenoxy) is 3. The zero-order valence-corrected chi connectivity index (χ0v) is 19.5. The van der Waals surface area contributed by atoms with Gasteiger partial charge in [0.1, 0.15) is 5.82 Å². The minimum Gasteiger partial charge on any atom is -0.490 e. The van der Waals surface area contributed by atoms with Crippen LogP contribution in [0, 0.1) is 5.82 Å². The molecule has 0 bridgehead atoms. The van der Waals surface area contributed by atoms with E-state index in [9.17, 15) is 14.0 Å². The van der Waals surface area contributed by atoms with E-state index in [0.29, 0.717) is 53.9 Å². The average Bonchev–Trinajstić information content (AvgIpc) is 2.83. The lowest BCUT2D eigenvalue weighted by atomic mass is 10.1. The first kappa shape index (κ1) is 24.8. The third-order valence-electron chi connectivity index (χ3n) is 4.79. The van der Waals surface area contributed by atoms with Crippen LogP contribution >= 0.6 is 0 Å². The van der Waals surface area contributed by atoms with Gasteiger partial charge in [-0.25, -0.2) is 9.07 Å². The zero-order valence-electron chi connectivity index (χ0n) is 19.5. The number of nitrogens with one attached hydrogen (secondary N) is 1. The molecule has 0 saturated heterocycles. The van der Waals surface area contributed by atoms with Crippen LogP contribution in [0.1, 0.15) is 31.1 Å². The van der Waals surface area contributed by atoms with Crippen molar-refractivity contribution in [3.05, 3.63) is 70.3 Å². The predicted octanol–water partition coefficient (Wildman–Crippen LogP) is 3.68. The summed E-state index contributed by atoms with van der Waals surface area (Å²) in [6.07, 6.45) is 0. The van der Waals surface area contributed by atoms with Crippen molar-refractivity contribution in [1.82, 2.24) is 15.1 Å². The topological polar surface area (TPSA) is 91.7 Å². The molecule has 0 unspecified atom stereocenters. The highest BCUT2D eigenvalue weighted by atomic mass is 19.1. The standard InChI is InChI=1S/C25H28FN3O5/c1-4-32-21-15-18(16-22(33-5-2)24(21)34-6-3)25(31)27-13-14-29-23(30)12-11-20(28-29)17-7-9-19(26)10-8-17/h7-12,15-16H,4-6,13-14H2,1-3H3,(H,27,31). The largest absolute Gasteiger partial charge is 0.490 e. The zero-order chi connectivity index (χ0) is 24.5. The number of benzene rings is 2. The van der Waals surface area contributed by atoms with Gasteiger partial charge in [-0.3, -0.25) is 9.59 Å². The Labute approximate surface area is 197 Å². The SMILES string of the molecule is CCOc1cc(C(=O)NCCn2nc(-c3ccc(F)cc3)ccc2=O)cc(OCC)c1OCC. The Hall–Kier alpha value is -3.88. The van der Waals surface area contributed by atoms with Crippen LogP contribution in [0.4, 0.5) is 4.39 Å². The highest BCUT2D eigenvalue weighted by molar-refractivity contribution is 5.95. The van der Waals surface area contributed by atoms with Gasteiger partial charge in [-0.15, -0.1) is 0 Å². The van der Waals surface area contributed by atoms with Crippen LogP contribution in [0.3, 0.4) is 0 Å². The van der Waals surface area contributed by atoms with E-state index >= 15 is 0 Å². The highest BCUT2D eigenvalue weighted by Gasteiger charge is 2.18. The highest BCUT2D eigenvalue weighted by Crippen LogP contribution is 2.39. The van der Waals surface area contributed by atoms with Gasteiger partial charge >= 0.3 is 0 Å². The number of aromatic nitrogens is 2. The maximum absolute atomic E-state index is 13.2. The summed E-state index contributed by atoms with van der Waals surface area (Å²) in [5.41, 5.74) is 1.25. The van der Waals surface area contributed by atoms with Crippen LogP contribution in [-0.2, 0) is 6.54 Å². The number of amides is 1. The van der Waals surface area contributed by atoms with Crippen molar-refractivity contribution in [2.45, 2.75) is 27.3 Å². The Morgan fingerprint density at radius 2 is 1.56 bits per heavy atom. The summed E-state index contributed by atoms with van der Waals surface area (Å²) >= 11 is 0. The normalized spacial score (nSPS) is 10.6. The maximum atomic E-state index is 13.2. The number of hydrogen-bond donors (Lipinski definition) is 1. The number of nitrogens with zero attached hydrogens (tertiary/aromatic N) is 2. The molecular weight excluding hydrogens is 441 g/mol. The van der Waals surface area contributed by atoms with E-state index in [1.807, 2.05) is 20.8 Å². The fraction of sp³-hybridized carbons (Fsp3) is 0.320. The van der Waals surface area contributed by atoms with E-state index in [4.69, 9.17) is 14.2 Å². The van der Waals surface area contributed by atoms with E-state index in [-0.39, 0.29) is 30.4 Å². The molecule has 1 heterocycles. The number of rotatable bonds is 11. The Balaban J connectivity index is 1.74. The Morgan fingerprint density at radius 3 is 2.15 bits per heavy atom. The predicted molar refractivity (Wildman–Crippen MR) is 126 cm³/mol. The lowest BCUT2D eigenvalue weighted by Crippen LogP contribution is -2.32. The molecule has 1 amide bonds. The van der Waals surface area contributed by atoms with Crippen LogP contribution in [0.2, 0.25) is 0 Å². The average molecular weight is 470 g/mol. The van der Waals surface area contributed by atoms with E-state index in [0.717, 1.165) is 0 Å². The van der Waals surface area contributed by atoms with Gasteiger partial charge in [0.05, 0.1) is 32.1 Å². The van der Waals surface area contributed by atoms with Crippen LogP contribution in [0.15, 0.2) is 53.3 Å². The minimum absolute atomic E-state index is 0.160. The summed E-state index contributed by atoms with van der Waals surface area (Å²) in [5.74, 6) is 0.591. The molecule has 1 aromatic heterocycles. The third kappa shape index (κ3) is 6.12. The molecule has 0 aliphatic carbocycles. The van der Waals surface area contributed by atoms with Gasteiger partial charge < -0.3 is 19.5 Å². The van der Waals surface area contributed by atoms with Crippen molar-refractivity contribution < 1.29 is 23.4 Å². The molecule has 3 rings (SSSR count). The summed E-state index contributed by atoms with van der Waals surface area (Å²) in [6, 6.07) is 12.0. The van der Waals surface area contributed by atoms with Gasteiger partial charge in [-0.1, -0.05) is 0 Å². The number of halogens is 1. The maximum Gasteiger partial charge on any atom is 0.266 e. The molecule has 0 aliphatic rings. The molecule has 0 saturated carbocycles. The number of carbonyl (C=O) groups is 1. The Bertz CT molecular complexity index is 1150. The van der Waals surface area contributed by atoms with Gasteiger partial charge in [-0.2, -0.15) is 5.10 Å². The second-order valence-corrected chi connectivity index (χ2v) is 7.14. The Kier molecular flexibility index (Phi) is 8.61. The van der Waals surface area contributed by atoms with E-state index in [1.54, 1.807) is 30.3 Å². The number of carbonyl (C=O) groups excluding carboxylic acids is 1. The van der Waals surface area contributed by atoms with E-state index < -0.39 is 0 Å². The van der Waals surface area contributed by atoms with Crippen molar-refractivity contribution in [2.24, 2.45) is 0 Å².